The Balaban J connectivity index is -0.000000432. The van der Waals surface area contributed by atoms with E-state index in [0.717, 1.165) is 11.9 Å². The molecule has 0 rings (SSSR count). The minimum absolute atomic E-state index is 0.450. The van der Waals surface area contributed by atoms with Crippen LogP contribution in [0.1, 0.15) is 61.8 Å². The maximum atomic E-state index is 5.79. The molecule has 136 valence electrons. The van der Waals surface area contributed by atoms with Crippen LogP contribution in [0.5, 0.6) is 0 Å². The predicted molar refractivity (Wildman–Crippen MR) is 102 cm³/mol. The molecule has 1 atom stereocenters. The zero-order chi connectivity index (χ0) is 18.1. The number of methoxy groups -OCH3 is 1. The number of hydrogen-bond acceptors (Lipinski definition) is 4. The second kappa shape index (κ2) is 19.1. The van der Waals surface area contributed by atoms with Gasteiger partial charge in [0.25, 0.3) is 0 Å². The summed E-state index contributed by atoms with van der Waals surface area (Å²) >= 11 is 0. The molecule has 0 aliphatic carbocycles. The first-order valence-electron chi connectivity index (χ1n) is 8.36. The molecule has 0 aromatic heterocycles. The van der Waals surface area contributed by atoms with Gasteiger partial charge >= 0.3 is 0 Å². The van der Waals surface area contributed by atoms with Gasteiger partial charge in [-0.15, -0.1) is 0 Å². The molecule has 5 heteroatoms. The molecule has 0 saturated heterocycles. The Morgan fingerprint density at radius 3 is 1.59 bits per heavy atom. The molecule has 1 unspecified atom stereocenters. The van der Waals surface area contributed by atoms with Crippen molar-refractivity contribution in [3.05, 3.63) is 11.9 Å². The lowest BCUT2D eigenvalue weighted by atomic mass is 10.3. The van der Waals surface area contributed by atoms with Crippen LogP contribution in [-0.2, 0) is 9.26 Å². The number of nitrogens with zero attached hydrogens (tertiary/aromatic N) is 1. The second-order valence-electron chi connectivity index (χ2n) is 5.31. The summed E-state index contributed by atoms with van der Waals surface area (Å²) in [6.45, 7) is 23.0. The Morgan fingerprint density at radius 1 is 1.05 bits per heavy atom. The summed E-state index contributed by atoms with van der Waals surface area (Å²) in [7, 11) is 0.930. The maximum Gasteiger partial charge on any atom is 0.134 e. The zero-order valence-electron chi connectivity index (χ0n) is 16.5. The third-order valence-electron chi connectivity index (χ3n) is 2.31. The van der Waals surface area contributed by atoms with E-state index in [4.69, 9.17) is 10.3 Å². The molecule has 0 aromatic carbocycles. The van der Waals surface area contributed by atoms with Gasteiger partial charge < -0.3 is 15.0 Å². The molecular weight excluding hydrogens is 295 g/mol. The Labute approximate surface area is 141 Å². The standard InChI is InChI=1S/C11H25N2OP.C3H8O.C3H8/c1-7-14-15(11(6)8-12)13(9(2)3)10(4)5;1-3-4-2;1-3-2/h9-10H,6-8,12H2,1-5H3;3H2,1-2H3;3H2,1-2H3. The van der Waals surface area contributed by atoms with Gasteiger partial charge in [-0.1, -0.05) is 26.8 Å². The van der Waals surface area contributed by atoms with Crippen molar-refractivity contribution in [2.75, 3.05) is 26.9 Å². The van der Waals surface area contributed by atoms with E-state index < -0.39 is 8.30 Å². The van der Waals surface area contributed by atoms with Crippen molar-refractivity contribution in [1.82, 2.24) is 4.67 Å². The van der Waals surface area contributed by atoms with Crippen molar-refractivity contribution >= 4 is 8.30 Å². The molecule has 0 spiro atoms. The first-order valence-corrected chi connectivity index (χ1v) is 9.57. The van der Waals surface area contributed by atoms with E-state index in [1.54, 1.807) is 7.11 Å². The second-order valence-corrected chi connectivity index (χ2v) is 7.21. The highest BCUT2D eigenvalue weighted by Crippen LogP contribution is 2.50. The number of ether oxygens (including phenoxy) is 1. The Morgan fingerprint density at radius 2 is 1.41 bits per heavy atom. The first-order chi connectivity index (χ1) is 10.3. The molecule has 0 aromatic rings. The average molecular weight is 337 g/mol. The van der Waals surface area contributed by atoms with Gasteiger partial charge in [-0.2, -0.15) is 0 Å². The number of hydrogen-bond donors (Lipinski definition) is 1. The lowest BCUT2D eigenvalue weighted by Crippen LogP contribution is -2.34. The quantitative estimate of drug-likeness (QED) is 0.634. The van der Waals surface area contributed by atoms with Gasteiger partial charge in [0.15, 0.2) is 0 Å². The van der Waals surface area contributed by atoms with Crippen molar-refractivity contribution in [2.45, 2.75) is 73.9 Å². The van der Waals surface area contributed by atoms with Crippen molar-refractivity contribution < 1.29 is 9.26 Å². The fraction of sp³-hybridized carbons (Fsp3) is 0.882. The monoisotopic (exact) mass is 336 g/mol. The van der Waals surface area contributed by atoms with Crippen molar-refractivity contribution in [1.29, 1.82) is 0 Å². The highest BCUT2D eigenvalue weighted by molar-refractivity contribution is 7.54. The minimum Gasteiger partial charge on any atom is -0.385 e. The van der Waals surface area contributed by atoms with E-state index >= 15 is 0 Å². The van der Waals surface area contributed by atoms with E-state index in [-0.39, 0.29) is 0 Å². The van der Waals surface area contributed by atoms with Crippen LogP contribution in [0.25, 0.3) is 0 Å². The van der Waals surface area contributed by atoms with Gasteiger partial charge in [0, 0.05) is 37.7 Å². The van der Waals surface area contributed by atoms with Crippen LogP contribution in [-0.4, -0.2) is 43.6 Å². The molecule has 0 bridgehead atoms. The minimum atomic E-state index is -0.751. The van der Waals surface area contributed by atoms with Gasteiger partial charge in [0.05, 0.1) is 6.61 Å². The van der Waals surface area contributed by atoms with E-state index in [2.05, 4.69) is 57.5 Å². The molecule has 0 radical (unpaired) electrons. The molecule has 0 heterocycles. The fourth-order valence-corrected chi connectivity index (χ4v) is 3.42. The zero-order valence-corrected chi connectivity index (χ0v) is 17.4. The third kappa shape index (κ3) is 14.9. The molecule has 0 amide bonds. The van der Waals surface area contributed by atoms with Crippen molar-refractivity contribution in [2.24, 2.45) is 5.73 Å². The fourth-order valence-electron chi connectivity index (χ4n) is 1.54. The van der Waals surface area contributed by atoms with Crippen LogP contribution in [0.15, 0.2) is 11.9 Å². The summed E-state index contributed by atoms with van der Waals surface area (Å²) in [5.74, 6) is 0. The summed E-state index contributed by atoms with van der Waals surface area (Å²) in [4.78, 5) is 0. The topological polar surface area (TPSA) is 47.7 Å². The van der Waals surface area contributed by atoms with Gasteiger partial charge in [-0.3, -0.25) is 4.67 Å². The summed E-state index contributed by atoms with van der Waals surface area (Å²) in [6.07, 6.45) is 1.25. The normalized spacial score (nSPS) is 11.7. The first kappa shape index (κ1) is 26.9. The van der Waals surface area contributed by atoms with Crippen LogP contribution in [0, 0.1) is 0 Å². The number of nitrogens with two attached hydrogens (primary N) is 1. The van der Waals surface area contributed by atoms with E-state index in [9.17, 15) is 0 Å². The van der Waals surface area contributed by atoms with E-state index in [1.165, 1.54) is 6.42 Å². The van der Waals surface area contributed by atoms with E-state index in [1.807, 2.05) is 13.8 Å². The Kier molecular flexibility index (Phi) is 23.3. The predicted octanol–water partition coefficient (Wildman–Crippen LogP) is 5.00. The highest BCUT2D eigenvalue weighted by Gasteiger charge is 2.26. The lowest BCUT2D eigenvalue weighted by Gasteiger charge is -2.37. The average Bonchev–Trinajstić information content (AvgIpc) is 2.46. The van der Waals surface area contributed by atoms with Gasteiger partial charge in [-0.25, -0.2) is 0 Å². The van der Waals surface area contributed by atoms with E-state index in [0.29, 0.717) is 25.2 Å². The molecule has 22 heavy (non-hydrogen) atoms. The Hall–Kier alpha value is 0.0100. The Bertz CT molecular complexity index is 227. The molecule has 0 fully saturated rings. The summed E-state index contributed by atoms with van der Waals surface area (Å²) in [5.41, 5.74) is 5.65. The molecule has 0 aliphatic heterocycles. The summed E-state index contributed by atoms with van der Waals surface area (Å²) in [6, 6.07) is 0.900. The van der Waals surface area contributed by atoms with Crippen LogP contribution >= 0.6 is 8.30 Å². The maximum absolute atomic E-state index is 5.79. The van der Waals surface area contributed by atoms with Crippen LogP contribution in [0.3, 0.4) is 0 Å². The van der Waals surface area contributed by atoms with Crippen LogP contribution in [0.4, 0.5) is 0 Å². The molecular formula is C17H41N2O2P. The van der Waals surface area contributed by atoms with Crippen LogP contribution < -0.4 is 5.73 Å². The van der Waals surface area contributed by atoms with Crippen LogP contribution in [0.2, 0.25) is 0 Å². The summed E-state index contributed by atoms with van der Waals surface area (Å²) < 4.78 is 12.7. The molecule has 0 aliphatic rings. The molecule has 0 saturated carbocycles. The van der Waals surface area contributed by atoms with Gasteiger partial charge in [-0.05, 0) is 41.5 Å². The highest BCUT2D eigenvalue weighted by atomic mass is 31.2. The third-order valence-corrected chi connectivity index (χ3v) is 4.88. The SMILES string of the molecule is C=C(CN)P(OCC)N(C(C)C)C(C)C.CCC.CCOC. The van der Waals surface area contributed by atoms with Gasteiger partial charge in [0.2, 0.25) is 0 Å². The van der Waals surface area contributed by atoms with Gasteiger partial charge in [0.1, 0.15) is 8.30 Å². The smallest absolute Gasteiger partial charge is 0.134 e. The molecule has 4 nitrogen and oxygen atoms in total. The lowest BCUT2D eigenvalue weighted by molar-refractivity contribution is 0.215. The number of rotatable bonds is 8. The van der Waals surface area contributed by atoms with Crippen molar-refractivity contribution in [3.63, 3.8) is 0 Å². The molecule has 2 N–H and O–H groups in total. The van der Waals surface area contributed by atoms with Crippen molar-refractivity contribution in [3.8, 4) is 0 Å². The largest absolute Gasteiger partial charge is 0.385 e. The summed E-state index contributed by atoms with van der Waals surface area (Å²) in [5, 5.41) is 1.01.